The Kier molecular flexibility index (Phi) is 5.23. The minimum atomic E-state index is -1.46. The van der Waals surface area contributed by atoms with E-state index in [1.165, 1.54) is 5.56 Å². The monoisotopic (exact) mass is 325 g/mol. The van der Waals surface area contributed by atoms with Gasteiger partial charge in [0.05, 0.1) is 5.69 Å². The molecule has 0 heterocycles. The van der Waals surface area contributed by atoms with Gasteiger partial charge in [-0.25, -0.2) is 4.99 Å². The minimum absolute atomic E-state index is 0.719. The SMILES string of the molecule is Cc1cccc(N=C(C#C[Si](C)(C)C)c2ccc(Cl)cc2)c1. The fourth-order valence-electron chi connectivity index (χ4n) is 1.85. The maximum Gasteiger partial charge on any atom is 0.129 e. The third kappa shape index (κ3) is 5.18. The van der Waals surface area contributed by atoms with Gasteiger partial charge in [0.25, 0.3) is 0 Å². The molecule has 2 aromatic rings. The van der Waals surface area contributed by atoms with Crippen LogP contribution in [0.3, 0.4) is 0 Å². The van der Waals surface area contributed by atoms with E-state index in [0.29, 0.717) is 0 Å². The lowest BCUT2D eigenvalue weighted by Crippen LogP contribution is -2.17. The Morgan fingerprint density at radius 1 is 1.05 bits per heavy atom. The summed E-state index contributed by atoms with van der Waals surface area (Å²) in [6.45, 7) is 8.75. The lowest BCUT2D eigenvalue weighted by Gasteiger charge is -2.06. The van der Waals surface area contributed by atoms with Crippen LogP contribution >= 0.6 is 11.6 Å². The van der Waals surface area contributed by atoms with Gasteiger partial charge in [-0.15, -0.1) is 5.54 Å². The molecule has 0 aromatic heterocycles. The zero-order valence-corrected chi connectivity index (χ0v) is 15.2. The summed E-state index contributed by atoms with van der Waals surface area (Å²) in [5.41, 5.74) is 7.30. The molecule has 0 aliphatic rings. The summed E-state index contributed by atoms with van der Waals surface area (Å²) >= 11 is 5.98. The Morgan fingerprint density at radius 2 is 1.73 bits per heavy atom. The normalized spacial score (nSPS) is 11.8. The van der Waals surface area contributed by atoms with Crippen LogP contribution in [0.5, 0.6) is 0 Å². The van der Waals surface area contributed by atoms with E-state index in [9.17, 15) is 0 Å². The zero-order chi connectivity index (χ0) is 16.2. The van der Waals surface area contributed by atoms with Crippen molar-refractivity contribution in [2.75, 3.05) is 0 Å². The maximum absolute atomic E-state index is 5.98. The second-order valence-corrected chi connectivity index (χ2v) is 11.5. The first-order valence-corrected chi connectivity index (χ1v) is 11.2. The van der Waals surface area contributed by atoms with Crippen LogP contribution in [0.15, 0.2) is 53.5 Å². The van der Waals surface area contributed by atoms with Crippen molar-refractivity contribution in [3.8, 4) is 11.5 Å². The van der Waals surface area contributed by atoms with Crippen molar-refractivity contribution in [3.63, 3.8) is 0 Å². The van der Waals surface area contributed by atoms with E-state index >= 15 is 0 Å². The molecule has 112 valence electrons. The zero-order valence-electron chi connectivity index (χ0n) is 13.4. The predicted molar refractivity (Wildman–Crippen MR) is 100.0 cm³/mol. The molecule has 0 saturated heterocycles. The van der Waals surface area contributed by atoms with Gasteiger partial charge in [-0.3, -0.25) is 0 Å². The molecule has 2 aromatic carbocycles. The number of aliphatic imine (C=N–C) groups is 1. The molecular formula is C19H20ClNSi. The predicted octanol–water partition coefficient (Wildman–Crippen LogP) is 5.65. The van der Waals surface area contributed by atoms with E-state index in [1.807, 2.05) is 36.4 Å². The molecule has 0 amide bonds. The molecule has 22 heavy (non-hydrogen) atoms. The summed E-state index contributed by atoms with van der Waals surface area (Å²) in [6.07, 6.45) is 0. The summed E-state index contributed by atoms with van der Waals surface area (Å²) in [5.74, 6) is 3.28. The third-order valence-electron chi connectivity index (χ3n) is 2.92. The second-order valence-electron chi connectivity index (χ2n) is 6.31. The number of nitrogens with zero attached hydrogens (tertiary/aromatic N) is 1. The molecule has 0 fully saturated rings. The highest BCUT2D eigenvalue weighted by molar-refractivity contribution is 6.84. The first kappa shape index (κ1) is 16.5. The van der Waals surface area contributed by atoms with Crippen LogP contribution in [0.1, 0.15) is 11.1 Å². The quantitative estimate of drug-likeness (QED) is 0.384. The van der Waals surface area contributed by atoms with Gasteiger partial charge in [-0.1, -0.05) is 61.4 Å². The molecule has 1 nitrogen and oxygen atoms in total. The first-order valence-electron chi connectivity index (χ1n) is 7.28. The highest BCUT2D eigenvalue weighted by Crippen LogP contribution is 2.17. The van der Waals surface area contributed by atoms with Crippen LogP contribution in [-0.4, -0.2) is 13.8 Å². The molecule has 0 aliphatic heterocycles. The number of rotatable bonds is 2. The molecule has 0 N–H and O–H groups in total. The molecule has 2 rings (SSSR count). The van der Waals surface area contributed by atoms with Crippen molar-refractivity contribution in [2.45, 2.75) is 26.6 Å². The van der Waals surface area contributed by atoms with Gasteiger partial charge in [-0.2, -0.15) is 0 Å². The number of benzene rings is 2. The summed E-state index contributed by atoms with van der Waals surface area (Å²) in [6, 6.07) is 15.8. The standard InChI is InChI=1S/C19H20ClNSi/c1-15-6-5-7-18(14-15)21-19(12-13-22(2,3)4)16-8-10-17(20)11-9-16/h5-11,14H,1-4H3. The number of hydrogen-bond donors (Lipinski definition) is 0. The molecular weight excluding hydrogens is 306 g/mol. The smallest absolute Gasteiger partial charge is 0.129 e. The van der Waals surface area contributed by atoms with Crippen molar-refractivity contribution in [3.05, 3.63) is 64.7 Å². The van der Waals surface area contributed by atoms with Crippen molar-refractivity contribution >= 4 is 31.1 Å². The van der Waals surface area contributed by atoms with Crippen LogP contribution < -0.4 is 0 Å². The van der Waals surface area contributed by atoms with Gasteiger partial charge in [0.15, 0.2) is 0 Å². The molecule has 0 spiro atoms. The second kappa shape index (κ2) is 6.96. The number of aryl methyl sites for hydroxylation is 1. The Labute approximate surface area is 139 Å². The van der Waals surface area contributed by atoms with Gasteiger partial charge in [0.2, 0.25) is 0 Å². The van der Waals surface area contributed by atoms with Gasteiger partial charge in [0.1, 0.15) is 13.8 Å². The van der Waals surface area contributed by atoms with Crippen LogP contribution in [0.2, 0.25) is 24.7 Å². The average molecular weight is 326 g/mol. The first-order chi connectivity index (χ1) is 10.3. The fraction of sp³-hybridized carbons (Fsp3) is 0.211. The highest BCUT2D eigenvalue weighted by Gasteiger charge is 2.09. The molecule has 0 radical (unpaired) electrons. The lowest BCUT2D eigenvalue weighted by molar-refractivity contribution is 1.42. The summed E-state index contributed by atoms with van der Waals surface area (Å²) in [5, 5.41) is 0.719. The summed E-state index contributed by atoms with van der Waals surface area (Å²) < 4.78 is 0. The van der Waals surface area contributed by atoms with E-state index < -0.39 is 8.07 Å². The lowest BCUT2D eigenvalue weighted by atomic mass is 10.1. The van der Waals surface area contributed by atoms with E-state index in [1.54, 1.807) is 0 Å². The largest absolute Gasteiger partial charge is 0.239 e. The van der Waals surface area contributed by atoms with E-state index in [2.05, 4.69) is 50.2 Å². The molecule has 0 saturated carbocycles. The Bertz CT molecular complexity index is 743. The van der Waals surface area contributed by atoms with Gasteiger partial charge >= 0.3 is 0 Å². The van der Waals surface area contributed by atoms with Crippen LogP contribution in [0.4, 0.5) is 5.69 Å². The Morgan fingerprint density at radius 3 is 2.32 bits per heavy atom. The summed E-state index contributed by atoms with van der Waals surface area (Å²) in [7, 11) is -1.46. The summed E-state index contributed by atoms with van der Waals surface area (Å²) in [4.78, 5) is 4.74. The van der Waals surface area contributed by atoms with E-state index in [0.717, 1.165) is 22.0 Å². The number of halogens is 1. The molecule has 0 aliphatic carbocycles. The van der Waals surface area contributed by atoms with Crippen molar-refractivity contribution in [2.24, 2.45) is 4.99 Å². The molecule has 0 atom stereocenters. The molecule has 0 unspecified atom stereocenters. The Balaban J connectivity index is 2.49. The van der Waals surface area contributed by atoms with Crippen LogP contribution in [-0.2, 0) is 0 Å². The van der Waals surface area contributed by atoms with Gasteiger partial charge in [0, 0.05) is 10.6 Å². The fourth-order valence-corrected chi connectivity index (χ4v) is 2.47. The Hall–Kier alpha value is -1.82. The van der Waals surface area contributed by atoms with Crippen molar-refractivity contribution in [1.82, 2.24) is 0 Å². The van der Waals surface area contributed by atoms with Crippen LogP contribution in [0, 0.1) is 18.4 Å². The molecule has 3 heteroatoms. The van der Waals surface area contributed by atoms with E-state index in [4.69, 9.17) is 16.6 Å². The van der Waals surface area contributed by atoms with E-state index in [-0.39, 0.29) is 0 Å². The van der Waals surface area contributed by atoms with Gasteiger partial charge < -0.3 is 0 Å². The topological polar surface area (TPSA) is 12.4 Å². The van der Waals surface area contributed by atoms with Crippen molar-refractivity contribution in [1.29, 1.82) is 0 Å². The molecule has 0 bridgehead atoms. The average Bonchev–Trinajstić information content (AvgIpc) is 2.43. The maximum atomic E-state index is 5.98. The third-order valence-corrected chi connectivity index (χ3v) is 4.04. The van der Waals surface area contributed by atoms with Gasteiger partial charge in [-0.05, 0) is 36.8 Å². The number of hydrogen-bond acceptors (Lipinski definition) is 1. The van der Waals surface area contributed by atoms with Crippen LogP contribution in [0.25, 0.3) is 0 Å². The minimum Gasteiger partial charge on any atom is -0.239 e. The van der Waals surface area contributed by atoms with Crippen molar-refractivity contribution < 1.29 is 0 Å². The highest BCUT2D eigenvalue weighted by atomic mass is 35.5.